The van der Waals surface area contributed by atoms with Gasteiger partial charge in [-0.25, -0.2) is 0 Å². The van der Waals surface area contributed by atoms with Gasteiger partial charge in [-0.05, 0) is 29.7 Å². The molecule has 0 N–H and O–H groups in total. The molecule has 1 aromatic heterocycles. The molecule has 2 heterocycles. The zero-order chi connectivity index (χ0) is 21.5. The molecule has 1 amide bonds. The lowest BCUT2D eigenvalue weighted by molar-refractivity contribution is -0.128. The summed E-state index contributed by atoms with van der Waals surface area (Å²) in [5.74, 6) is 2.49. The normalized spacial score (nSPS) is 14.0. The molecule has 0 aliphatic carbocycles. The molecular formula is C25H28N4OS. The van der Waals surface area contributed by atoms with Crippen LogP contribution in [0.25, 0.3) is 11.3 Å². The predicted molar refractivity (Wildman–Crippen MR) is 128 cm³/mol. The Morgan fingerprint density at radius 1 is 0.871 bits per heavy atom. The highest BCUT2D eigenvalue weighted by Crippen LogP contribution is 2.20. The van der Waals surface area contributed by atoms with Crippen LogP contribution in [0.15, 0.2) is 66.7 Å². The summed E-state index contributed by atoms with van der Waals surface area (Å²) in [6.45, 7) is 5.18. The molecule has 4 rings (SSSR count). The van der Waals surface area contributed by atoms with Crippen molar-refractivity contribution < 1.29 is 4.79 Å². The Labute approximate surface area is 188 Å². The molecule has 0 radical (unpaired) electrons. The molecule has 1 aliphatic rings. The molecule has 1 saturated heterocycles. The average molecular weight is 433 g/mol. The number of amides is 1. The molecule has 1 aliphatic heterocycles. The molecule has 3 aromatic rings. The molecule has 0 saturated carbocycles. The van der Waals surface area contributed by atoms with Gasteiger partial charge in [0.1, 0.15) is 0 Å². The third-order valence-corrected chi connectivity index (χ3v) is 6.59. The standard InChI is InChI=1S/C25H28N4OS/c1-2-20-8-10-22(11-9-20)23-12-13-24(27-26-23)28-14-16-29(17-15-28)25(30)19-31-18-21-6-4-3-5-7-21/h3-13H,2,14-19H2,1H3. The van der Waals surface area contributed by atoms with E-state index in [1.54, 1.807) is 11.8 Å². The van der Waals surface area contributed by atoms with E-state index in [9.17, 15) is 4.79 Å². The van der Waals surface area contributed by atoms with Crippen LogP contribution in [0.5, 0.6) is 0 Å². The van der Waals surface area contributed by atoms with Crippen LogP contribution in [0.4, 0.5) is 5.82 Å². The maximum Gasteiger partial charge on any atom is 0.232 e. The van der Waals surface area contributed by atoms with Crippen molar-refractivity contribution in [3.05, 3.63) is 77.9 Å². The number of aromatic nitrogens is 2. The quantitative estimate of drug-likeness (QED) is 0.558. The van der Waals surface area contributed by atoms with Crippen molar-refractivity contribution in [2.75, 3.05) is 36.8 Å². The Morgan fingerprint density at radius 3 is 2.26 bits per heavy atom. The van der Waals surface area contributed by atoms with Gasteiger partial charge in [0, 0.05) is 37.5 Å². The van der Waals surface area contributed by atoms with Gasteiger partial charge in [-0.2, -0.15) is 0 Å². The third-order valence-electron chi connectivity index (χ3n) is 5.60. The fourth-order valence-corrected chi connectivity index (χ4v) is 4.55. The Morgan fingerprint density at radius 2 is 1.61 bits per heavy atom. The van der Waals surface area contributed by atoms with Crippen molar-refractivity contribution in [1.82, 2.24) is 15.1 Å². The van der Waals surface area contributed by atoms with Crippen molar-refractivity contribution in [2.45, 2.75) is 19.1 Å². The minimum atomic E-state index is 0.220. The van der Waals surface area contributed by atoms with Gasteiger partial charge in [0.2, 0.25) is 5.91 Å². The van der Waals surface area contributed by atoms with Crippen LogP contribution in [-0.4, -0.2) is 52.9 Å². The number of anilines is 1. The monoisotopic (exact) mass is 432 g/mol. The number of hydrogen-bond acceptors (Lipinski definition) is 5. The van der Waals surface area contributed by atoms with Gasteiger partial charge in [-0.15, -0.1) is 22.0 Å². The number of nitrogens with zero attached hydrogens (tertiary/aromatic N) is 4. The van der Waals surface area contributed by atoms with Gasteiger partial charge in [-0.1, -0.05) is 61.5 Å². The van der Waals surface area contributed by atoms with Crippen LogP contribution < -0.4 is 4.90 Å². The number of thioether (sulfide) groups is 1. The molecule has 5 nitrogen and oxygen atoms in total. The minimum Gasteiger partial charge on any atom is -0.352 e. The Kier molecular flexibility index (Phi) is 7.20. The summed E-state index contributed by atoms with van der Waals surface area (Å²) in [6, 6.07) is 22.8. The molecule has 1 fully saturated rings. The first kappa shape index (κ1) is 21.4. The number of aryl methyl sites for hydroxylation is 1. The Bertz CT molecular complexity index is 969. The number of carbonyl (C=O) groups excluding carboxylic acids is 1. The number of hydrogen-bond donors (Lipinski definition) is 0. The van der Waals surface area contributed by atoms with Crippen molar-refractivity contribution in [1.29, 1.82) is 0 Å². The van der Waals surface area contributed by atoms with Crippen LogP contribution in [0, 0.1) is 0 Å². The van der Waals surface area contributed by atoms with Crippen LogP contribution in [0.3, 0.4) is 0 Å². The van der Waals surface area contributed by atoms with Crippen molar-refractivity contribution in [3.63, 3.8) is 0 Å². The lowest BCUT2D eigenvalue weighted by Crippen LogP contribution is -2.49. The second-order valence-electron chi connectivity index (χ2n) is 7.67. The Hall–Kier alpha value is -2.86. The third kappa shape index (κ3) is 5.64. The molecule has 0 bridgehead atoms. The van der Waals surface area contributed by atoms with Gasteiger partial charge < -0.3 is 9.80 Å². The second kappa shape index (κ2) is 10.4. The maximum atomic E-state index is 12.5. The number of piperazine rings is 1. The zero-order valence-electron chi connectivity index (χ0n) is 17.9. The van der Waals surface area contributed by atoms with Gasteiger partial charge in [0.05, 0.1) is 11.4 Å². The van der Waals surface area contributed by atoms with Crippen LogP contribution >= 0.6 is 11.8 Å². The average Bonchev–Trinajstić information content (AvgIpc) is 2.85. The van der Waals surface area contributed by atoms with E-state index < -0.39 is 0 Å². The largest absolute Gasteiger partial charge is 0.352 e. The molecule has 6 heteroatoms. The molecular weight excluding hydrogens is 404 g/mol. The fraction of sp³-hybridized carbons (Fsp3) is 0.320. The summed E-state index contributed by atoms with van der Waals surface area (Å²) in [4.78, 5) is 16.7. The van der Waals surface area contributed by atoms with E-state index in [2.05, 4.69) is 58.4 Å². The molecule has 0 atom stereocenters. The number of benzene rings is 2. The lowest BCUT2D eigenvalue weighted by Gasteiger charge is -2.35. The van der Waals surface area contributed by atoms with E-state index in [0.717, 1.165) is 55.4 Å². The highest BCUT2D eigenvalue weighted by molar-refractivity contribution is 7.99. The van der Waals surface area contributed by atoms with Gasteiger partial charge in [-0.3, -0.25) is 4.79 Å². The highest BCUT2D eigenvalue weighted by atomic mass is 32.2. The van der Waals surface area contributed by atoms with E-state index in [1.165, 1.54) is 11.1 Å². The minimum absolute atomic E-state index is 0.220. The van der Waals surface area contributed by atoms with Gasteiger partial charge in [0.25, 0.3) is 0 Å². The first-order valence-electron chi connectivity index (χ1n) is 10.8. The summed E-state index contributed by atoms with van der Waals surface area (Å²) in [5, 5.41) is 8.87. The summed E-state index contributed by atoms with van der Waals surface area (Å²) >= 11 is 1.68. The van der Waals surface area contributed by atoms with E-state index in [4.69, 9.17) is 0 Å². The number of carbonyl (C=O) groups is 1. The first-order chi connectivity index (χ1) is 15.2. The topological polar surface area (TPSA) is 49.3 Å². The summed E-state index contributed by atoms with van der Waals surface area (Å²) in [6.07, 6.45) is 1.03. The smallest absolute Gasteiger partial charge is 0.232 e. The van der Waals surface area contributed by atoms with Crippen LogP contribution in [0.2, 0.25) is 0 Å². The summed E-state index contributed by atoms with van der Waals surface area (Å²) < 4.78 is 0. The molecule has 2 aromatic carbocycles. The van der Waals surface area contributed by atoms with Crippen LogP contribution in [0.1, 0.15) is 18.1 Å². The molecule has 0 spiro atoms. The maximum absolute atomic E-state index is 12.5. The molecule has 160 valence electrons. The summed E-state index contributed by atoms with van der Waals surface area (Å²) in [7, 11) is 0. The first-order valence-corrected chi connectivity index (χ1v) is 12.0. The summed E-state index contributed by atoms with van der Waals surface area (Å²) in [5.41, 5.74) is 4.54. The Balaban J connectivity index is 1.25. The van der Waals surface area contributed by atoms with E-state index in [1.807, 2.05) is 35.2 Å². The van der Waals surface area contributed by atoms with Crippen LogP contribution in [-0.2, 0) is 17.0 Å². The second-order valence-corrected chi connectivity index (χ2v) is 8.66. The molecule has 31 heavy (non-hydrogen) atoms. The lowest BCUT2D eigenvalue weighted by atomic mass is 10.1. The van der Waals surface area contributed by atoms with Crippen molar-refractivity contribution >= 4 is 23.5 Å². The van der Waals surface area contributed by atoms with Crippen molar-refractivity contribution in [2.24, 2.45) is 0 Å². The SMILES string of the molecule is CCc1ccc(-c2ccc(N3CCN(C(=O)CSCc4ccccc4)CC3)nn2)cc1. The number of rotatable bonds is 7. The van der Waals surface area contributed by atoms with E-state index in [-0.39, 0.29) is 5.91 Å². The van der Waals surface area contributed by atoms with E-state index in [0.29, 0.717) is 5.75 Å². The molecule has 0 unspecified atom stereocenters. The van der Waals surface area contributed by atoms with Gasteiger partial charge >= 0.3 is 0 Å². The predicted octanol–water partition coefficient (Wildman–Crippen LogP) is 4.29. The zero-order valence-corrected chi connectivity index (χ0v) is 18.7. The fourth-order valence-electron chi connectivity index (χ4n) is 3.67. The van der Waals surface area contributed by atoms with E-state index >= 15 is 0 Å². The highest BCUT2D eigenvalue weighted by Gasteiger charge is 2.22. The van der Waals surface area contributed by atoms with Crippen molar-refractivity contribution in [3.8, 4) is 11.3 Å². The van der Waals surface area contributed by atoms with Gasteiger partial charge in [0.15, 0.2) is 5.82 Å².